The van der Waals surface area contributed by atoms with Crippen molar-refractivity contribution in [1.29, 1.82) is 0 Å². The van der Waals surface area contributed by atoms with Crippen LogP contribution < -0.4 is 4.74 Å². The molecule has 1 saturated heterocycles. The summed E-state index contributed by atoms with van der Waals surface area (Å²) in [6, 6.07) is 9.69. The van der Waals surface area contributed by atoms with E-state index in [0.29, 0.717) is 26.1 Å². The minimum atomic E-state index is 0.128. The molecule has 4 nitrogen and oxygen atoms in total. The van der Waals surface area contributed by atoms with Crippen LogP contribution in [0.25, 0.3) is 0 Å². The van der Waals surface area contributed by atoms with E-state index in [1.807, 2.05) is 49.1 Å². The van der Waals surface area contributed by atoms with Gasteiger partial charge in [0.25, 0.3) is 0 Å². The van der Waals surface area contributed by atoms with Gasteiger partial charge in [0.1, 0.15) is 5.75 Å². The Kier molecular flexibility index (Phi) is 5.41. The third-order valence-electron chi connectivity index (χ3n) is 3.32. The first-order valence-corrected chi connectivity index (χ1v) is 7.26. The zero-order valence-corrected chi connectivity index (χ0v) is 12.2. The Morgan fingerprint density at radius 1 is 1.25 bits per heavy atom. The van der Waals surface area contributed by atoms with Crippen molar-refractivity contribution in [3.63, 3.8) is 0 Å². The van der Waals surface area contributed by atoms with Crippen LogP contribution >= 0.6 is 0 Å². The van der Waals surface area contributed by atoms with Gasteiger partial charge in [0.15, 0.2) is 0 Å². The van der Waals surface area contributed by atoms with Gasteiger partial charge in [-0.2, -0.15) is 0 Å². The molecule has 0 spiro atoms. The van der Waals surface area contributed by atoms with Crippen molar-refractivity contribution in [2.75, 3.05) is 19.7 Å². The largest absolute Gasteiger partial charge is 0.494 e. The van der Waals surface area contributed by atoms with Gasteiger partial charge >= 0.3 is 0 Å². The lowest BCUT2D eigenvalue weighted by atomic mass is 10.2. The van der Waals surface area contributed by atoms with Gasteiger partial charge in [0, 0.05) is 19.5 Å². The van der Waals surface area contributed by atoms with Gasteiger partial charge in [-0.05, 0) is 32.4 Å². The van der Waals surface area contributed by atoms with Crippen molar-refractivity contribution in [3.05, 3.63) is 30.3 Å². The molecule has 0 radical (unpaired) electrons. The Bertz CT molecular complexity index is 411. The lowest BCUT2D eigenvalue weighted by molar-refractivity contribution is -0.143. The molecule has 1 aliphatic rings. The predicted molar refractivity (Wildman–Crippen MR) is 77.8 cm³/mol. The predicted octanol–water partition coefficient (Wildman–Crippen LogP) is 2.48. The Morgan fingerprint density at radius 2 is 1.90 bits per heavy atom. The van der Waals surface area contributed by atoms with E-state index in [-0.39, 0.29) is 18.1 Å². The number of nitrogens with zero attached hydrogens (tertiary/aromatic N) is 1. The topological polar surface area (TPSA) is 38.8 Å². The molecule has 4 heteroatoms. The summed E-state index contributed by atoms with van der Waals surface area (Å²) in [6.07, 6.45) is 1.53. The molecule has 2 rings (SSSR count). The third kappa shape index (κ3) is 4.53. The maximum Gasteiger partial charge on any atom is 0.222 e. The summed E-state index contributed by atoms with van der Waals surface area (Å²) in [5.74, 6) is 1.05. The smallest absolute Gasteiger partial charge is 0.222 e. The maximum atomic E-state index is 12.1. The summed E-state index contributed by atoms with van der Waals surface area (Å²) < 4.78 is 11.2. The number of hydrogen-bond acceptors (Lipinski definition) is 3. The second-order valence-corrected chi connectivity index (χ2v) is 5.32. The van der Waals surface area contributed by atoms with Crippen molar-refractivity contribution in [2.45, 2.75) is 38.9 Å². The molecule has 2 atom stereocenters. The second kappa shape index (κ2) is 7.29. The van der Waals surface area contributed by atoms with E-state index in [2.05, 4.69) is 0 Å². The van der Waals surface area contributed by atoms with Crippen molar-refractivity contribution in [2.24, 2.45) is 0 Å². The molecule has 0 aromatic heterocycles. The normalized spacial score (nSPS) is 22.6. The quantitative estimate of drug-likeness (QED) is 0.776. The fraction of sp³-hybridized carbons (Fsp3) is 0.562. The first kappa shape index (κ1) is 14.9. The molecule has 0 unspecified atom stereocenters. The Morgan fingerprint density at radius 3 is 2.55 bits per heavy atom. The molecular formula is C16H23NO3. The van der Waals surface area contributed by atoms with E-state index in [0.717, 1.165) is 12.2 Å². The fourth-order valence-electron chi connectivity index (χ4n) is 2.47. The molecule has 0 N–H and O–H groups in total. The molecule has 1 heterocycles. The van der Waals surface area contributed by atoms with Gasteiger partial charge in [0.05, 0.1) is 18.8 Å². The van der Waals surface area contributed by atoms with Crippen molar-refractivity contribution >= 4 is 5.91 Å². The Balaban J connectivity index is 1.67. The van der Waals surface area contributed by atoms with Gasteiger partial charge in [0.2, 0.25) is 5.91 Å². The number of para-hydroxylation sites is 1. The Labute approximate surface area is 120 Å². The number of hydrogen-bond donors (Lipinski definition) is 0. The van der Waals surface area contributed by atoms with Gasteiger partial charge in [-0.3, -0.25) is 4.79 Å². The fourth-order valence-corrected chi connectivity index (χ4v) is 2.47. The number of carbonyl (C=O) groups excluding carboxylic acids is 1. The zero-order valence-electron chi connectivity index (χ0n) is 12.2. The molecule has 1 fully saturated rings. The van der Waals surface area contributed by atoms with Gasteiger partial charge < -0.3 is 14.4 Å². The van der Waals surface area contributed by atoms with Crippen molar-refractivity contribution in [3.8, 4) is 5.75 Å². The number of morpholine rings is 1. The summed E-state index contributed by atoms with van der Waals surface area (Å²) in [5, 5.41) is 0. The molecule has 1 aromatic rings. The summed E-state index contributed by atoms with van der Waals surface area (Å²) in [7, 11) is 0. The lowest BCUT2D eigenvalue weighted by Crippen LogP contribution is -2.48. The summed E-state index contributed by atoms with van der Waals surface area (Å²) in [5.41, 5.74) is 0. The average Bonchev–Trinajstić information content (AvgIpc) is 2.43. The number of benzene rings is 1. The number of rotatable bonds is 5. The molecule has 1 aliphatic heterocycles. The molecule has 0 aliphatic carbocycles. The molecule has 1 amide bonds. The highest BCUT2D eigenvalue weighted by Gasteiger charge is 2.25. The van der Waals surface area contributed by atoms with Crippen molar-refractivity contribution in [1.82, 2.24) is 4.90 Å². The summed E-state index contributed by atoms with van der Waals surface area (Å²) in [6.45, 7) is 5.99. The SMILES string of the molecule is C[C@H]1CN(C(=O)CCCOc2ccccc2)C[C@H](C)O1. The number of carbonyl (C=O) groups is 1. The van der Waals surface area contributed by atoms with Crippen LogP contribution in [0.3, 0.4) is 0 Å². The Hall–Kier alpha value is -1.55. The second-order valence-electron chi connectivity index (χ2n) is 5.32. The highest BCUT2D eigenvalue weighted by Crippen LogP contribution is 2.13. The van der Waals surface area contributed by atoms with E-state index in [1.54, 1.807) is 0 Å². The van der Waals surface area contributed by atoms with Gasteiger partial charge in [-0.15, -0.1) is 0 Å². The first-order chi connectivity index (χ1) is 9.65. The van der Waals surface area contributed by atoms with E-state index < -0.39 is 0 Å². The number of ether oxygens (including phenoxy) is 2. The molecule has 20 heavy (non-hydrogen) atoms. The van der Waals surface area contributed by atoms with Crippen LogP contribution in [0.15, 0.2) is 30.3 Å². The van der Waals surface area contributed by atoms with Crippen molar-refractivity contribution < 1.29 is 14.3 Å². The van der Waals surface area contributed by atoms with Crippen LogP contribution in [0, 0.1) is 0 Å². The van der Waals surface area contributed by atoms with E-state index in [9.17, 15) is 4.79 Å². The van der Waals surface area contributed by atoms with Crippen LogP contribution in [-0.4, -0.2) is 42.7 Å². The minimum Gasteiger partial charge on any atom is -0.494 e. The summed E-state index contributed by atoms with van der Waals surface area (Å²) in [4.78, 5) is 14.0. The zero-order chi connectivity index (χ0) is 14.4. The molecule has 1 aromatic carbocycles. The summed E-state index contributed by atoms with van der Waals surface area (Å²) >= 11 is 0. The number of amides is 1. The van der Waals surface area contributed by atoms with E-state index >= 15 is 0 Å². The van der Waals surface area contributed by atoms with Gasteiger partial charge in [-0.25, -0.2) is 0 Å². The maximum absolute atomic E-state index is 12.1. The first-order valence-electron chi connectivity index (χ1n) is 7.26. The van der Waals surface area contributed by atoms with E-state index in [1.165, 1.54) is 0 Å². The highest BCUT2D eigenvalue weighted by molar-refractivity contribution is 5.76. The average molecular weight is 277 g/mol. The monoisotopic (exact) mass is 277 g/mol. The van der Waals surface area contributed by atoms with Crippen LogP contribution in [0.1, 0.15) is 26.7 Å². The van der Waals surface area contributed by atoms with Crippen LogP contribution in [0.5, 0.6) is 5.75 Å². The van der Waals surface area contributed by atoms with Crippen LogP contribution in [0.2, 0.25) is 0 Å². The van der Waals surface area contributed by atoms with Crippen LogP contribution in [0.4, 0.5) is 0 Å². The minimum absolute atomic E-state index is 0.128. The molecular weight excluding hydrogens is 254 g/mol. The standard InChI is InChI=1S/C16H23NO3/c1-13-11-17(12-14(2)20-13)16(18)9-6-10-19-15-7-4-3-5-8-15/h3-5,7-8,13-14H,6,9-12H2,1-2H3/t13-,14-/m0/s1. The van der Waals surface area contributed by atoms with Gasteiger partial charge in [-0.1, -0.05) is 18.2 Å². The molecule has 0 saturated carbocycles. The lowest BCUT2D eigenvalue weighted by Gasteiger charge is -2.35. The highest BCUT2D eigenvalue weighted by atomic mass is 16.5. The van der Waals surface area contributed by atoms with Crippen LogP contribution in [-0.2, 0) is 9.53 Å². The molecule has 110 valence electrons. The van der Waals surface area contributed by atoms with E-state index in [4.69, 9.17) is 9.47 Å². The third-order valence-corrected chi connectivity index (χ3v) is 3.32. The molecule has 0 bridgehead atoms.